The summed E-state index contributed by atoms with van der Waals surface area (Å²) in [5, 5.41) is 0. The third kappa shape index (κ3) is 2.67. The second-order valence-electron chi connectivity index (χ2n) is 2.59. The number of carbonyl (C=O) groups excluding carboxylic acids is 1. The number of benzene rings is 1. The third-order valence-corrected chi connectivity index (χ3v) is 1.61. The van der Waals surface area contributed by atoms with Gasteiger partial charge in [-0.3, -0.25) is 4.99 Å². The summed E-state index contributed by atoms with van der Waals surface area (Å²) in [5.41, 5.74) is 6.44. The number of nitrogens with zero attached hydrogens (tertiary/aromatic N) is 1. The van der Waals surface area contributed by atoms with Crippen molar-refractivity contribution in [1.29, 1.82) is 0 Å². The van der Waals surface area contributed by atoms with E-state index in [1.54, 1.807) is 30.5 Å². The van der Waals surface area contributed by atoms with E-state index in [2.05, 4.69) is 9.73 Å². The van der Waals surface area contributed by atoms with Gasteiger partial charge < -0.3 is 10.5 Å². The summed E-state index contributed by atoms with van der Waals surface area (Å²) in [6.45, 7) is 0.377. The Kier molecular flexibility index (Phi) is 3.82. The highest BCUT2D eigenvalue weighted by atomic mass is 16.5. The minimum Gasteiger partial charge on any atom is -0.465 e. The van der Waals surface area contributed by atoms with E-state index >= 15 is 0 Å². The Balaban J connectivity index is 2.89. The van der Waals surface area contributed by atoms with Gasteiger partial charge in [0.15, 0.2) is 0 Å². The monoisotopic (exact) mass is 192 g/mol. The summed E-state index contributed by atoms with van der Waals surface area (Å²) in [6, 6.07) is 6.86. The number of ether oxygens (including phenoxy) is 1. The minimum atomic E-state index is -0.366. The lowest BCUT2D eigenvalue weighted by Gasteiger charge is -1.99. The van der Waals surface area contributed by atoms with E-state index in [9.17, 15) is 4.79 Å². The Bertz CT molecular complexity index is 348. The summed E-state index contributed by atoms with van der Waals surface area (Å²) in [5.74, 6) is -0.366. The van der Waals surface area contributed by atoms with Gasteiger partial charge in [-0.1, -0.05) is 6.07 Å². The molecule has 0 atom stereocenters. The molecule has 1 aromatic carbocycles. The lowest BCUT2D eigenvalue weighted by atomic mass is 10.2. The number of aliphatic imine (C=N–C) groups is 1. The molecule has 0 aliphatic carbocycles. The Labute approximate surface area is 82.4 Å². The number of esters is 1. The van der Waals surface area contributed by atoms with Gasteiger partial charge in [-0.15, -0.1) is 0 Å². The molecule has 2 N–H and O–H groups in total. The zero-order valence-electron chi connectivity index (χ0n) is 7.93. The molecule has 74 valence electrons. The molecule has 0 aromatic heterocycles. The van der Waals surface area contributed by atoms with Crippen LogP contribution in [0, 0.1) is 0 Å². The fourth-order valence-corrected chi connectivity index (χ4v) is 0.989. The van der Waals surface area contributed by atoms with Crippen LogP contribution in [0.25, 0.3) is 0 Å². The summed E-state index contributed by atoms with van der Waals surface area (Å²) >= 11 is 0. The van der Waals surface area contributed by atoms with Crippen LogP contribution in [0.2, 0.25) is 0 Å². The Morgan fingerprint density at radius 3 is 3.07 bits per heavy atom. The predicted molar refractivity (Wildman–Crippen MR) is 55.0 cm³/mol. The second-order valence-corrected chi connectivity index (χ2v) is 2.59. The van der Waals surface area contributed by atoms with E-state index in [-0.39, 0.29) is 5.97 Å². The SMILES string of the molecule is COC(=O)c1cccc(N=CCN)c1. The summed E-state index contributed by atoms with van der Waals surface area (Å²) < 4.78 is 4.58. The maximum absolute atomic E-state index is 11.1. The normalized spacial score (nSPS) is 10.4. The van der Waals surface area contributed by atoms with E-state index in [0.29, 0.717) is 17.8 Å². The van der Waals surface area contributed by atoms with Gasteiger partial charge >= 0.3 is 5.97 Å². The van der Waals surface area contributed by atoms with E-state index < -0.39 is 0 Å². The van der Waals surface area contributed by atoms with E-state index in [4.69, 9.17) is 5.73 Å². The largest absolute Gasteiger partial charge is 0.465 e. The Morgan fingerprint density at radius 1 is 1.64 bits per heavy atom. The molecule has 0 aliphatic heterocycles. The van der Waals surface area contributed by atoms with Crippen molar-refractivity contribution in [2.75, 3.05) is 13.7 Å². The van der Waals surface area contributed by atoms with Gasteiger partial charge in [-0.25, -0.2) is 4.79 Å². The summed E-state index contributed by atoms with van der Waals surface area (Å²) in [7, 11) is 1.35. The molecule has 1 rings (SSSR count). The van der Waals surface area contributed by atoms with Gasteiger partial charge in [0.1, 0.15) is 0 Å². The van der Waals surface area contributed by atoms with Crippen molar-refractivity contribution in [1.82, 2.24) is 0 Å². The molecule has 0 saturated carbocycles. The van der Waals surface area contributed by atoms with E-state index in [0.717, 1.165) is 0 Å². The first kappa shape index (κ1) is 10.4. The van der Waals surface area contributed by atoms with Crippen molar-refractivity contribution in [3.05, 3.63) is 29.8 Å². The van der Waals surface area contributed by atoms with E-state index in [1.165, 1.54) is 7.11 Å². The summed E-state index contributed by atoms with van der Waals surface area (Å²) in [4.78, 5) is 15.2. The van der Waals surface area contributed by atoms with Crippen LogP contribution < -0.4 is 5.73 Å². The quantitative estimate of drug-likeness (QED) is 0.576. The number of rotatable bonds is 3. The number of methoxy groups -OCH3 is 1. The van der Waals surface area contributed by atoms with Crippen molar-refractivity contribution in [3.63, 3.8) is 0 Å². The van der Waals surface area contributed by atoms with Gasteiger partial charge in [-0.2, -0.15) is 0 Å². The molecule has 0 fully saturated rings. The first-order valence-corrected chi connectivity index (χ1v) is 4.19. The number of hydrogen-bond acceptors (Lipinski definition) is 4. The minimum absolute atomic E-state index is 0.366. The van der Waals surface area contributed by atoms with Crippen molar-refractivity contribution in [2.24, 2.45) is 10.7 Å². The molecule has 14 heavy (non-hydrogen) atoms. The Hall–Kier alpha value is -1.68. The molecule has 0 unspecified atom stereocenters. The maximum atomic E-state index is 11.1. The molecule has 4 nitrogen and oxygen atoms in total. The van der Waals surface area contributed by atoms with Crippen molar-refractivity contribution < 1.29 is 9.53 Å². The first-order chi connectivity index (χ1) is 6.77. The smallest absolute Gasteiger partial charge is 0.337 e. The second kappa shape index (κ2) is 5.14. The fourth-order valence-electron chi connectivity index (χ4n) is 0.989. The predicted octanol–water partition coefficient (Wildman–Crippen LogP) is 1.13. The van der Waals surface area contributed by atoms with Gasteiger partial charge in [-0.05, 0) is 18.2 Å². The van der Waals surface area contributed by atoms with Crippen LogP contribution in [0.15, 0.2) is 29.3 Å². The third-order valence-electron chi connectivity index (χ3n) is 1.61. The standard InChI is InChI=1S/C10H12N2O2/c1-14-10(13)8-3-2-4-9(7-8)12-6-5-11/h2-4,6-7H,5,11H2,1H3. The zero-order valence-corrected chi connectivity index (χ0v) is 7.93. The molecule has 0 amide bonds. The fraction of sp³-hybridized carbons (Fsp3) is 0.200. The van der Waals surface area contributed by atoms with E-state index in [1.807, 2.05) is 0 Å². The van der Waals surface area contributed by atoms with Crippen LogP contribution in [-0.2, 0) is 4.74 Å². The highest BCUT2D eigenvalue weighted by molar-refractivity contribution is 5.90. The average Bonchev–Trinajstić information content (AvgIpc) is 2.25. The zero-order chi connectivity index (χ0) is 10.4. The van der Waals surface area contributed by atoms with Crippen LogP contribution in [-0.4, -0.2) is 25.8 Å². The van der Waals surface area contributed by atoms with Crippen molar-refractivity contribution in [2.45, 2.75) is 0 Å². The van der Waals surface area contributed by atoms with Crippen LogP contribution in [0.3, 0.4) is 0 Å². The molecule has 0 radical (unpaired) electrons. The molecule has 0 bridgehead atoms. The molecule has 4 heteroatoms. The lowest BCUT2D eigenvalue weighted by molar-refractivity contribution is 0.0601. The molecule has 0 aliphatic rings. The van der Waals surface area contributed by atoms with Gasteiger partial charge in [0.05, 0.1) is 18.4 Å². The van der Waals surface area contributed by atoms with Crippen molar-refractivity contribution in [3.8, 4) is 0 Å². The van der Waals surface area contributed by atoms with Gasteiger partial charge in [0.2, 0.25) is 0 Å². The molecule has 0 heterocycles. The highest BCUT2D eigenvalue weighted by Gasteiger charge is 2.04. The first-order valence-electron chi connectivity index (χ1n) is 4.19. The lowest BCUT2D eigenvalue weighted by Crippen LogP contribution is -2.00. The summed E-state index contributed by atoms with van der Waals surface area (Å²) in [6.07, 6.45) is 1.58. The Morgan fingerprint density at radius 2 is 2.43 bits per heavy atom. The van der Waals surface area contributed by atoms with Crippen LogP contribution in [0.5, 0.6) is 0 Å². The molecule has 0 saturated heterocycles. The number of nitrogens with two attached hydrogens (primary N) is 1. The van der Waals surface area contributed by atoms with Crippen molar-refractivity contribution >= 4 is 17.9 Å². The van der Waals surface area contributed by atoms with Gasteiger partial charge in [0.25, 0.3) is 0 Å². The number of carbonyl (C=O) groups is 1. The highest BCUT2D eigenvalue weighted by Crippen LogP contribution is 2.13. The van der Waals surface area contributed by atoms with Crippen LogP contribution in [0.4, 0.5) is 5.69 Å². The van der Waals surface area contributed by atoms with Crippen LogP contribution in [0.1, 0.15) is 10.4 Å². The van der Waals surface area contributed by atoms with Crippen LogP contribution >= 0.6 is 0 Å². The topological polar surface area (TPSA) is 64.7 Å². The molecular formula is C10H12N2O2. The number of hydrogen-bond donors (Lipinski definition) is 1. The average molecular weight is 192 g/mol. The maximum Gasteiger partial charge on any atom is 0.337 e. The molecular weight excluding hydrogens is 180 g/mol. The molecule has 0 spiro atoms. The van der Waals surface area contributed by atoms with Gasteiger partial charge in [0, 0.05) is 12.8 Å². The molecule has 1 aromatic rings.